The number of methoxy groups -OCH3 is 2. The van der Waals surface area contributed by atoms with Crippen LogP contribution in [0, 0.1) is 5.92 Å². The molecule has 0 heterocycles. The van der Waals surface area contributed by atoms with Crippen LogP contribution >= 0.6 is 12.4 Å². The molecule has 1 fully saturated rings. The van der Waals surface area contributed by atoms with Crippen molar-refractivity contribution >= 4 is 18.3 Å². The highest BCUT2D eigenvalue weighted by molar-refractivity contribution is 5.85. The number of nitrogens with two attached hydrogens (primary N) is 1. The molecule has 1 saturated carbocycles. The minimum Gasteiger partial charge on any atom is -0.497 e. The summed E-state index contributed by atoms with van der Waals surface area (Å²) in [4.78, 5) is 14.6. The van der Waals surface area contributed by atoms with Crippen molar-refractivity contribution in [3.8, 4) is 11.5 Å². The van der Waals surface area contributed by atoms with E-state index in [1.807, 2.05) is 32.2 Å². The van der Waals surface area contributed by atoms with Gasteiger partial charge >= 0.3 is 0 Å². The summed E-state index contributed by atoms with van der Waals surface area (Å²) in [5.41, 5.74) is 6.93. The van der Waals surface area contributed by atoms with Gasteiger partial charge in [-0.2, -0.15) is 0 Å². The van der Waals surface area contributed by atoms with Gasteiger partial charge in [-0.15, -0.1) is 12.4 Å². The van der Waals surface area contributed by atoms with E-state index in [0.29, 0.717) is 6.54 Å². The van der Waals surface area contributed by atoms with E-state index in [2.05, 4.69) is 0 Å². The molecule has 2 unspecified atom stereocenters. The van der Waals surface area contributed by atoms with Gasteiger partial charge in [-0.05, 0) is 37.5 Å². The fourth-order valence-corrected chi connectivity index (χ4v) is 3.34. The molecule has 5 nitrogen and oxygen atoms in total. The van der Waals surface area contributed by atoms with Crippen LogP contribution in [-0.4, -0.2) is 37.6 Å². The molecule has 24 heavy (non-hydrogen) atoms. The maximum atomic E-state index is 12.8. The van der Waals surface area contributed by atoms with Crippen LogP contribution in [0.15, 0.2) is 18.2 Å². The molecular weight excluding hydrogens is 328 g/mol. The van der Waals surface area contributed by atoms with Crippen molar-refractivity contribution in [1.82, 2.24) is 4.90 Å². The number of hydrogen-bond acceptors (Lipinski definition) is 4. The molecule has 2 atom stereocenters. The largest absolute Gasteiger partial charge is 0.497 e. The van der Waals surface area contributed by atoms with Crippen molar-refractivity contribution in [3.63, 3.8) is 0 Å². The average Bonchev–Trinajstić information content (AvgIpc) is 2.53. The number of benzene rings is 1. The number of carbonyl (C=O) groups excluding carboxylic acids is 1. The third-order valence-corrected chi connectivity index (χ3v) is 4.76. The van der Waals surface area contributed by atoms with Crippen LogP contribution in [0.2, 0.25) is 0 Å². The molecular formula is C18H29ClN2O3. The fourth-order valence-electron chi connectivity index (χ4n) is 3.34. The first-order valence-electron chi connectivity index (χ1n) is 8.13. The molecule has 2 rings (SSSR count). The Balaban J connectivity index is 0.00000288. The van der Waals surface area contributed by atoms with Gasteiger partial charge in [0.15, 0.2) is 0 Å². The molecule has 0 bridgehead atoms. The third kappa shape index (κ3) is 4.77. The van der Waals surface area contributed by atoms with Crippen LogP contribution in [-0.2, 0) is 11.3 Å². The van der Waals surface area contributed by atoms with E-state index in [1.165, 1.54) is 0 Å². The minimum absolute atomic E-state index is 0. The first kappa shape index (κ1) is 20.6. The van der Waals surface area contributed by atoms with Crippen LogP contribution < -0.4 is 15.2 Å². The minimum atomic E-state index is -0.407. The van der Waals surface area contributed by atoms with Gasteiger partial charge in [-0.3, -0.25) is 4.79 Å². The number of hydrogen-bond donors (Lipinski definition) is 1. The van der Waals surface area contributed by atoms with E-state index in [9.17, 15) is 4.79 Å². The second kappa shape index (κ2) is 8.58. The predicted molar refractivity (Wildman–Crippen MR) is 97.8 cm³/mol. The average molecular weight is 357 g/mol. The Bertz CT molecular complexity index is 541. The Morgan fingerprint density at radius 2 is 1.83 bits per heavy atom. The second-order valence-electron chi connectivity index (χ2n) is 6.72. The standard InChI is InChI=1S/C18H28N2O3.ClH/c1-18(19)8-6-5-7-16(18)17(21)20(2)12-13-9-14(22-3)11-15(10-13)23-4;/h9-11,16H,5-8,12,19H2,1-4H3;1H. The highest BCUT2D eigenvalue weighted by Crippen LogP contribution is 2.33. The summed E-state index contributed by atoms with van der Waals surface area (Å²) in [6, 6.07) is 5.67. The smallest absolute Gasteiger partial charge is 0.227 e. The summed E-state index contributed by atoms with van der Waals surface area (Å²) >= 11 is 0. The first-order chi connectivity index (χ1) is 10.9. The maximum absolute atomic E-state index is 12.8. The lowest BCUT2D eigenvalue weighted by atomic mass is 9.74. The molecule has 1 aromatic carbocycles. The summed E-state index contributed by atoms with van der Waals surface area (Å²) in [7, 11) is 5.07. The number of ether oxygens (including phenoxy) is 2. The van der Waals surface area contributed by atoms with Gasteiger partial charge in [0.25, 0.3) is 0 Å². The van der Waals surface area contributed by atoms with E-state index >= 15 is 0 Å². The van der Waals surface area contributed by atoms with Gasteiger partial charge in [0.2, 0.25) is 5.91 Å². The van der Waals surface area contributed by atoms with Crippen molar-refractivity contribution < 1.29 is 14.3 Å². The molecule has 0 aromatic heterocycles. The fraction of sp³-hybridized carbons (Fsp3) is 0.611. The Morgan fingerprint density at radius 3 is 2.33 bits per heavy atom. The lowest BCUT2D eigenvalue weighted by Gasteiger charge is -2.39. The number of rotatable bonds is 5. The maximum Gasteiger partial charge on any atom is 0.227 e. The van der Waals surface area contributed by atoms with Gasteiger partial charge in [-0.1, -0.05) is 12.8 Å². The molecule has 0 aliphatic heterocycles. The zero-order chi connectivity index (χ0) is 17.0. The van der Waals surface area contributed by atoms with E-state index < -0.39 is 5.54 Å². The van der Waals surface area contributed by atoms with Crippen molar-refractivity contribution in [2.75, 3.05) is 21.3 Å². The lowest BCUT2D eigenvalue weighted by molar-refractivity contribution is -0.138. The molecule has 0 spiro atoms. The van der Waals surface area contributed by atoms with Crippen molar-refractivity contribution in [2.24, 2.45) is 11.7 Å². The van der Waals surface area contributed by atoms with Crippen LogP contribution in [0.3, 0.4) is 0 Å². The quantitative estimate of drug-likeness (QED) is 0.880. The molecule has 1 aliphatic carbocycles. The molecule has 1 amide bonds. The third-order valence-electron chi connectivity index (χ3n) is 4.76. The number of nitrogens with zero attached hydrogens (tertiary/aromatic N) is 1. The second-order valence-corrected chi connectivity index (χ2v) is 6.72. The number of halogens is 1. The summed E-state index contributed by atoms with van der Waals surface area (Å²) in [6.07, 6.45) is 3.96. The monoisotopic (exact) mass is 356 g/mol. The molecule has 1 aromatic rings. The highest BCUT2D eigenvalue weighted by atomic mass is 35.5. The van der Waals surface area contributed by atoms with Crippen LogP contribution in [0.5, 0.6) is 11.5 Å². The Kier molecular flexibility index (Phi) is 7.36. The van der Waals surface area contributed by atoms with Crippen LogP contribution in [0.1, 0.15) is 38.2 Å². The SMILES string of the molecule is COc1cc(CN(C)C(=O)C2CCCCC2(C)N)cc(OC)c1.Cl. The van der Waals surface area contributed by atoms with Crippen molar-refractivity contribution in [3.05, 3.63) is 23.8 Å². The Morgan fingerprint density at radius 1 is 1.25 bits per heavy atom. The predicted octanol–water partition coefficient (Wildman–Crippen LogP) is 2.99. The van der Waals surface area contributed by atoms with E-state index in [1.54, 1.807) is 19.1 Å². The van der Waals surface area contributed by atoms with Gasteiger partial charge < -0.3 is 20.1 Å². The highest BCUT2D eigenvalue weighted by Gasteiger charge is 2.39. The molecule has 0 saturated heterocycles. The number of carbonyl (C=O) groups is 1. The van der Waals surface area contributed by atoms with Gasteiger partial charge in [0, 0.05) is 25.2 Å². The first-order valence-corrected chi connectivity index (χ1v) is 8.13. The lowest BCUT2D eigenvalue weighted by Crippen LogP contribution is -2.53. The molecule has 1 aliphatic rings. The van der Waals surface area contributed by atoms with E-state index in [4.69, 9.17) is 15.2 Å². The van der Waals surface area contributed by atoms with Crippen LogP contribution in [0.25, 0.3) is 0 Å². The topological polar surface area (TPSA) is 64.8 Å². The molecule has 6 heteroatoms. The molecule has 2 N–H and O–H groups in total. The zero-order valence-corrected chi connectivity index (χ0v) is 15.8. The zero-order valence-electron chi connectivity index (χ0n) is 15.0. The van der Waals surface area contributed by atoms with Gasteiger partial charge in [0.05, 0.1) is 20.1 Å². The summed E-state index contributed by atoms with van der Waals surface area (Å²) in [5.74, 6) is 1.47. The molecule has 136 valence electrons. The summed E-state index contributed by atoms with van der Waals surface area (Å²) < 4.78 is 10.6. The Labute approximate surface area is 150 Å². The Hall–Kier alpha value is -1.46. The molecule has 0 radical (unpaired) electrons. The van der Waals surface area contributed by atoms with E-state index in [-0.39, 0.29) is 24.2 Å². The summed E-state index contributed by atoms with van der Waals surface area (Å²) in [5, 5.41) is 0. The van der Waals surface area contributed by atoms with Gasteiger partial charge in [-0.25, -0.2) is 0 Å². The normalized spacial score (nSPS) is 23.1. The van der Waals surface area contributed by atoms with Crippen molar-refractivity contribution in [2.45, 2.75) is 44.7 Å². The van der Waals surface area contributed by atoms with E-state index in [0.717, 1.165) is 42.7 Å². The summed E-state index contributed by atoms with van der Waals surface area (Å²) in [6.45, 7) is 2.51. The van der Waals surface area contributed by atoms with Crippen molar-refractivity contribution in [1.29, 1.82) is 0 Å². The van der Waals surface area contributed by atoms with Crippen LogP contribution in [0.4, 0.5) is 0 Å². The number of amides is 1. The van der Waals surface area contributed by atoms with Gasteiger partial charge in [0.1, 0.15) is 11.5 Å².